The third-order valence-corrected chi connectivity index (χ3v) is 5.98. The third kappa shape index (κ3) is 5.33. The molecular formula is C21H24N4O7S. The fraction of sp³-hybridized carbons (Fsp3) is 0.429. The van der Waals surface area contributed by atoms with Gasteiger partial charge in [0.05, 0.1) is 0 Å². The van der Waals surface area contributed by atoms with Gasteiger partial charge in [-0.2, -0.15) is 0 Å². The highest BCUT2D eigenvalue weighted by Gasteiger charge is 2.55. The highest BCUT2D eigenvalue weighted by Crippen LogP contribution is 2.41. The quantitative estimate of drug-likeness (QED) is 0.200. The number of nitrogens with one attached hydrogen (secondary N) is 1. The smallest absolute Gasteiger partial charge is 0.355 e. The molecule has 0 aliphatic carbocycles. The molecule has 0 aromatic carbocycles. The molecule has 0 radical (unpaired) electrons. The molecule has 2 atom stereocenters. The lowest BCUT2D eigenvalue weighted by Gasteiger charge is -2.49. The molecule has 12 heteroatoms. The normalized spacial score (nSPS) is 20.5. The van der Waals surface area contributed by atoms with Crippen LogP contribution >= 0.6 is 11.8 Å². The minimum absolute atomic E-state index is 0.00982. The highest BCUT2D eigenvalue weighted by molar-refractivity contribution is 8.00. The zero-order chi connectivity index (χ0) is 24.3. The summed E-state index contributed by atoms with van der Waals surface area (Å²) < 4.78 is 10.5. The molecule has 2 N–H and O–H groups in total. The Morgan fingerprint density at radius 3 is 2.55 bits per heavy atom. The zero-order valence-corrected chi connectivity index (χ0v) is 19.3. The van der Waals surface area contributed by atoms with E-state index in [0.717, 1.165) is 0 Å². The standard InChI is InChI=1S/C21H24N4O7S/c1-11(26)31-9-13-10-33-19-15(18(28)25(19)16(13)20(29)32-21(2,3)4)23-17(27)14(24-30)12-5-7-22-8-6-12/h5-8,15,19,30H,9-10H2,1-4H3,(H,23,27)/t15-,19+/m1/s1. The number of pyridine rings is 1. The maximum atomic E-state index is 13.0. The van der Waals surface area contributed by atoms with E-state index < -0.39 is 40.8 Å². The minimum atomic E-state index is -0.950. The van der Waals surface area contributed by atoms with Gasteiger partial charge in [0.1, 0.15) is 29.3 Å². The number of carbonyl (C=O) groups excluding carboxylic acids is 4. The van der Waals surface area contributed by atoms with E-state index in [4.69, 9.17) is 9.47 Å². The number of thioether (sulfide) groups is 1. The van der Waals surface area contributed by atoms with Crippen molar-refractivity contribution in [3.8, 4) is 0 Å². The minimum Gasteiger partial charge on any atom is -0.461 e. The monoisotopic (exact) mass is 476 g/mol. The van der Waals surface area contributed by atoms with Crippen LogP contribution in [0.1, 0.15) is 33.3 Å². The average molecular weight is 477 g/mol. The van der Waals surface area contributed by atoms with Gasteiger partial charge < -0.3 is 20.0 Å². The fourth-order valence-corrected chi connectivity index (χ4v) is 4.58. The second kappa shape index (κ2) is 9.61. The van der Waals surface area contributed by atoms with Crippen LogP contribution in [-0.4, -0.2) is 73.9 Å². The van der Waals surface area contributed by atoms with E-state index in [1.165, 1.54) is 48.1 Å². The largest absolute Gasteiger partial charge is 0.461 e. The molecule has 1 aromatic heterocycles. The van der Waals surface area contributed by atoms with Crippen LogP contribution in [0, 0.1) is 0 Å². The number of rotatable bonds is 6. The van der Waals surface area contributed by atoms with Gasteiger partial charge in [-0.15, -0.1) is 11.8 Å². The van der Waals surface area contributed by atoms with E-state index in [1.807, 2.05) is 0 Å². The van der Waals surface area contributed by atoms with Gasteiger partial charge in [0.2, 0.25) is 0 Å². The van der Waals surface area contributed by atoms with E-state index in [0.29, 0.717) is 11.1 Å². The third-order valence-electron chi connectivity index (χ3n) is 4.64. The molecule has 0 spiro atoms. The number of hydrogen-bond acceptors (Lipinski definition) is 10. The summed E-state index contributed by atoms with van der Waals surface area (Å²) in [5, 5.41) is 14.3. The second-order valence-electron chi connectivity index (χ2n) is 8.28. The van der Waals surface area contributed by atoms with E-state index in [2.05, 4.69) is 15.5 Å². The van der Waals surface area contributed by atoms with Crippen molar-refractivity contribution < 1.29 is 33.9 Å². The van der Waals surface area contributed by atoms with Crippen LogP contribution in [0.5, 0.6) is 0 Å². The van der Waals surface area contributed by atoms with Crippen molar-refractivity contribution in [2.75, 3.05) is 12.4 Å². The Hall–Kier alpha value is -3.41. The number of oxime groups is 1. The average Bonchev–Trinajstić information content (AvgIpc) is 2.75. The Labute approximate surface area is 194 Å². The highest BCUT2D eigenvalue weighted by atomic mass is 32.2. The fourth-order valence-electron chi connectivity index (χ4n) is 3.25. The summed E-state index contributed by atoms with van der Waals surface area (Å²) in [6.07, 6.45) is 2.87. The molecule has 1 fully saturated rings. The Balaban J connectivity index is 1.82. The number of carbonyl (C=O) groups is 4. The van der Waals surface area contributed by atoms with Gasteiger partial charge >= 0.3 is 11.9 Å². The van der Waals surface area contributed by atoms with Crippen LogP contribution in [0.4, 0.5) is 0 Å². The van der Waals surface area contributed by atoms with Crippen molar-refractivity contribution in [3.05, 3.63) is 41.4 Å². The molecule has 0 unspecified atom stereocenters. The molecule has 11 nitrogen and oxygen atoms in total. The summed E-state index contributed by atoms with van der Waals surface area (Å²) >= 11 is 1.30. The molecule has 2 aliphatic heterocycles. The molecule has 3 rings (SSSR count). The van der Waals surface area contributed by atoms with Gasteiger partial charge in [-0.3, -0.25) is 24.3 Å². The molecule has 1 saturated heterocycles. The van der Waals surface area contributed by atoms with Gasteiger partial charge in [-0.05, 0) is 32.9 Å². The number of aromatic nitrogens is 1. The van der Waals surface area contributed by atoms with Crippen molar-refractivity contribution in [2.45, 2.75) is 44.7 Å². The number of amides is 2. The van der Waals surface area contributed by atoms with Crippen LogP contribution < -0.4 is 5.32 Å². The maximum Gasteiger partial charge on any atom is 0.355 e. The Bertz CT molecular complexity index is 1030. The molecule has 176 valence electrons. The van der Waals surface area contributed by atoms with Gasteiger partial charge in [0, 0.05) is 36.2 Å². The first-order valence-electron chi connectivity index (χ1n) is 10.00. The lowest BCUT2D eigenvalue weighted by molar-refractivity contribution is -0.159. The first-order valence-corrected chi connectivity index (χ1v) is 11.0. The van der Waals surface area contributed by atoms with E-state index in [-0.39, 0.29) is 23.8 Å². The van der Waals surface area contributed by atoms with Crippen molar-refractivity contribution in [3.63, 3.8) is 0 Å². The van der Waals surface area contributed by atoms with Crippen LogP contribution in [0.3, 0.4) is 0 Å². The summed E-state index contributed by atoms with van der Waals surface area (Å²) in [6, 6.07) is 2.03. The topological polar surface area (TPSA) is 147 Å². The Morgan fingerprint density at radius 2 is 1.97 bits per heavy atom. The first kappa shape index (κ1) is 24.2. The van der Waals surface area contributed by atoms with E-state index >= 15 is 0 Å². The summed E-state index contributed by atoms with van der Waals surface area (Å²) in [5.74, 6) is -2.24. The predicted octanol–water partition coefficient (Wildman–Crippen LogP) is 0.819. The van der Waals surface area contributed by atoms with Crippen LogP contribution in [0.15, 0.2) is 41.0 Å². The summed E-state index contributed by atoms with van der Waals surface area (Å²) in [4.78, 5) is 54.9. The molecule has 3 heterocycles. The number of fused-ring (bicyclic) bond motifs is 1. The molecule has 1 aromatic rings. The molecule has 2 amide bonds. The van der Waals surface area contributed by atoms with E-state index in [9.17, 15) is 24.4 Å². The van der Waals surface area contributed by atoms with Gasteiger partial charge in [-0.25, -0.2) is 4.79 Å². The van der Waals surface area contributed by atoms with Crippen molar-refractivity contribution in [2.24, 2.45) is 5.16 Å². The van der Waals surface area contributed by atoms with Crippen molar-refractivity contribution in [1.29, 1.82) is 0 Å². The lowest BCUT2D eigenvalue weighted by atomic mass is 10.0. The SMILES string of the molecule is CC(=O)OCC1=C(C(=O)OC(C)(C)C)N2C(=O)[C@@H](NC(=O)C(=NO)c3ccncc3)[C@@H]2SC1. The Morgan fingerprint density at radius 1 is 1.30 bits per heavy atom. The number of nitrogens with zero attached hydrogens (tertiary/aromatic N) is 3. The summed E-state index contributed by atoms with van der Waals surface area (Å²) in [5.41, 5.74) is -0.315. The van der Waals surface area contributed by atoms with Gasteiger partial charge in [0.15, 0.2) is 5.71 Å². The van der Waals surface area contributed by atoms with E-state index in [1.54, 1.807) is 20.8 Å². The van der Waals surface area contributed by atoms with Crippen LogP contribution in [0.25, 0.3) is 0 Å². The molecule has 2 aliphatic rings. The second-order valence-corrected chi connectivity index (χ2v) is 9.38. The molecule has 0 bridgehead atoms. The van der Waals surface area contributed by atoms with Crippen LogP contribution in [-0.2, 0) is 28.7 Å². The summed E-state index contributed by atoms with van der Waals surface area (Å²) in [6.45, 7) is 6.18. The molecule has 33 heavy (non-hydrogen) atoms. The van der Waals surface area contributed by atoms with Crippen molar-refractivity contribution >= 4 is 41.2 Å². The molecular weight excluding hydrogens is 452 g/mol. The number of hydrogen-bond donors (Lipinski definition) is 2. The van der Waals surface area contributed by atoms with Gasteiger partial charge in [0.25, 0.3) is 11.8 Å². The zero-order valence-electron chi connectivity index (χ0n) is 18.5. The lowest BCUT2D eigenvalue weighted by Crippen LogP contribution is -2.71. The number of β-lactam (4-membered cyclic amide) rings is 1. The number of esters is 2. The predicted molar refractivity (Wildman–Crippen MR) is 117 cm³/mol. The van der Waals surface area contributed by atoms with Crippen LogP contribution in [0.2, 0.25) is 0 Å². The first-order chi connectivity index (χ1) is 15.5. The maximum absolute atomic E-state index is 13.0. The summed E-state index contributed by atoms with van der Waals surface area (Å²) in [7, 11) is 0. The van der Waals surface area contributed by atoms with Gasteiger partial charge in [-0.1, -0.05) is 5.16 Å². The van der Waals surface area contributed by atoms with Crippen molar-refractivity contribution in [1.82, 2.24) is 15.2 Å². The molecule has 0 saturated carbocycles. The Kier molecular flexibility index (Phi) is 7.06. The number of ether oxygens (including phenoxy) is 2.